The van der Waals surface area contributed by atoms with E-state index in [9.17, 15) is 4.79 Å². The van der Waals surface area contributed by atoms with E-state index in [0.29, 0.717) is 18.8 Å². The Hall–Kier alpha value is -1.55. The van der Waals surface area contributed by atoms with Crippen molar-refractivity contribution in [3.8, 4) is 5.75 Å². The van der Waals surface area contributed by atoms with Crippen LogP contribution < -0.4 is 10.5 Å². The molecule has 1 unspecified atom stereocenters. The maximum absolute atomic E-state index is 11.2. The lowest BCUT2D eigenvalue weighted by Gasteiger charge is -2.12. The summed E-state index contributed by atoms with van der Waals surface area (Å²) in [4.78, 5) is 11.2. The normalized spacial score (nSPS) is 21.6. The molecule has 1 heterocycles. The van der Waals surface area contributed by atoms with E-state index >= 15 is 0 Å². The van der Waals surface area contributed by atoms with Crippen LogP contribution in [0.4, 0.5) is 0 Å². The maximum atomic E-state index is 11.2. The molecule has 2 atom stereocenters. The molecule has 4 nitrogen and oxygen atoms in total. The predicted molar refractivity (Wildman–Crippen MR) is 59.0 cm³/mol. The number of benzene rings is 1. The average Bonchev–Trinajstić information content (AvgIpc) is 2.65. The molecule has 4 heteroatoms. The van der Waals surface area contributed by atoms with Gasteiger partial charge in [0.25, 0.3) is 0 Å². The summed E-state index contributed by atoms with van der Waals surface area (Å²) in [6.45, 7) is 2.35. The van der Waals surface area contributed by atoms with Crippen LogP contribution in [0.25, 0.3) is 0 Å². The van der Waals surface area contributed by atoms with Crippen LogP contribution in [0.1, 0.15) is 24.9 Å². The Balaban J connectivity index is 2.09. The summed E-state index contributed by atoms with van der Waals surface area (Å²) in [6.07, 6.45) is 0.143. The van der Waals surface area contributed by atoms with Crippen LogP contribution in [0.15, 0.2) is 24.3 Å². The molecule has 2 N–H and O–H groups in total. The predicted octanol–water partition coefficient (Wildman–Crippen LogP) is 1.40. The van der Waals surface area contributed by atoms with E-state index < -0.39 is 6.10 Å². The fourth-order valence-electron chi connectivity index (χ4n) is 1.62. The third kappa shape index (κ3) is 2.33. The van der Waals surface area contributed by atoms with Crippen LogP contribution in [-0.2, 0) is 9.53 Å². The summed E-state index contributed by atoms with van der Waals surface area (Å²) in [5.41, 5.74) is 6.76. The van der Waals surface area contributed by atoms with Crippen LogP contribution in [0.5, 0.6) is 5.75 Å². The molecule has 1 aromatic carbocycles. The molecule has 86 valence electrons. The van der Waals surface area contributed by atoms with E-state index in [1.165, 1.54) is 0 Å². The first-order valence-corrected chi connectivity index (χ1v) is 5.35. The van der Waals surface area contributed by atoms with E-state index in [2.05, 4.69) is 0 Å². The van der Waals surface area contributed by atoms with Crippen molar-refractivity contribution in [1.82, 2.24) is 0 Å². The number of cyclic esters (lactones) is 1. The second kappa shape index (κ2) is 4.53. The number of hydrogen-bond donors (Lipinski definition) is 1. The summed E-state index contributed by atoms with van der Waals surface area (Å²) >= 11 is 0. The molecule has 0 radical (unpaired) electrons. The molecule has 0 aromatic heterocycles. The van der Waals surface area contributed by atoms with Crippen LogP contribution in [0.2, 0.25) is 0 Å². The number of nitrogens with two attached hydrogens (primary N) is 1. The Labute approximate surface area is 94.3 Å². The Morgan fingerprint density at radius 1 is 1.56 bits per heavy atom. The molecular weight excluding hydrogens is 206 g/mol. The smallest absolute Gasteiger partial charge is 0.347 e. The zero-order chi connectivity index (χ0) is 11.5. The minimum absolute atomic E-state index is 0.0425. The van der Waals surface area contributed by atoms with Crippen LogP contribution >= 0.6 is 0 Å². The SMILES string of the molecule is C[C@H](N)c1cccc(OC2CCOC2=O)c1. The van der Waals surface area contributed by atoms with E-state index in [-0.39, 0.29) is 12.0 Å². The van der Waals surface area contributed by atoms with Crippen molar-refractivity contribution in [3.05, 3.63) is 29.8 Å². The quantitative estimate of drug-likeness (QED) is 0.784. The molecule has 1 saturated heterocycles. The first kappa shape index (κ1) is 11.0. The van der Waals surface area contributed by atoms with E-state index in [0.717, 1.165) is 5.56 Å². The molecule has 1 fully saturated rings. The van der Waals surface area contributed by atoms with Crippen LogP contribution in [0.3, 0.4) is 0 Å². The molecule has 1 aromatic rings. The molecule has 0 amide bonds. The Bertz CT molecular complexity index is 390. The lowest BCUT2D eigenvalue weighted by molar-refractivity contribution is -0.143. The van der Waals surface area contributed by atoms with Gasteiger partial charge in [-0.2, -0.15) is 0 Å². The van der Waals surface area contributed by atoms with Crippen molar-refractivity contribution in [2.75, 3.05) is 6.61 Å². The summed E-state index contributed by atoms with van der Waals surface area (Å²) < 4.78 is 10.4. The van der Waals surface area contributed by atoms with Gasteiger partial charge < -0.3 is 15.2 Å². The number of carbonyl (C=O) groups is 1. The van der Waals surface area contributed by atoms with Gasteiger partial charge in [0.2, 0.25) is 0 Å². The Morgan fingerprint density at radius 3 is 3.00 bits per heavy atom. The topological polar surface area (TPSA) is 61.6 Å². The number of carbonyl (C=O) groups excluding carboxylic acids is 1. The maximum Gasteiger partial charge on any atom is 0.347 e. The number of ether oxygens (including phenoxy) is 2. The van der Waals surface area contributed by atoms with Gasteiger partial charge in [0.15, 0.2) is 6.10 Å². The summed E-state index contributed by atoms with van der Waals surface area (Å²) in [7, 11) is 0. The third-order valence-electron chi connectivity index (χ3n) is 2.55. The molecular formula is C12H15NO3. The highest BCUT2D eigenvalue weighted by Crippen LogP contribution is 2.21. The van der Waals surface area contributed by atoms with Crippen molar-refractivity contribution in [1.29, 1.82) is 0 Å². The zero-order valence-corrected chi connectivity index (χ0v) is 9.18. The molecule has 0 spiro atoms. The molecule has 16 heavy (non-hydrogen) atoms. The molecule has 0 bridgehead atoms. The fourth-order valence-corrected chi connectivity index (χ4v) is 1.62. The van der Waals surface area contributed by atoms with Crippen molar-refractivity contribution in [2.24, 2.45) is 5.73 Å². The van der Waals surface area contributed by atoms with Gasteiger partial charge in [0.05, 0.1) is 6.61 Å². The molecule has 1 aliphatic heterocycles. The summed E-state index contributed by atoms with van der Waals surface area (Å²) in [5, 5.41) is 0. The lowest BCUT2D eigenvalue weighted by Crippen LogP contribution is -2.21. The van der Waals surface area contributed by atoms with E-state index in [4.69, 9.17) is 15.2 Å². The standard InChI is InChI=1S/C12H15NO3/c1-8(13)9-3-2-4-10(7-9)16-11-5-6-15-12(11)14/h2-4,7-8,11H,5-6,13H2,1H3/t8-,11?/m0/s1. The van der Waals surface area contributed by atoms with Gasteiger partial charge in [0.1, 0.15) is 5.75 Å². The van der Waals surface area contributed by atoms with Crippen molar-refractivity contribution < 1.29 is 14.3 Å². The minimum Gasteiger partial charge on any atom is -0.479 e. The van der Waals surface area contributed by atoms with Gasteiger partial charge in [0, 0.05) is 12.5 Å². The Kier molecular flexibility index (Phi) is 3.10. The van der Waals surface area contributed by atoms with Crippen molar-refractivity contribution >= 4 is 5.97 Å². The van der Waals surface area contributed by atoms with Gasteiger partial charge in [-0.05, 0) is 24.6 Å². The monoisotopic (exact) mass is 221 g/mol. The van der Waals surface area contributed by atoms with Gasteiger partial charge in [-0.1, -0.05) is 12.1 Å². The fraction of sp³-hybridized carbons (Fsp3) is 0.417. The highest BCUT2D eigenvalue weighted by atomic mass is 16.6. The minimum atomic E-state index is -0.469. The van der Waals surface area contributed by atoms with Crippen LogP contribution in [-0.4, -0.2) is 18.7 Å². The summed E-state index contributed by atoms with van der Waals surface area (Å²) in [6, 6.07) is 7.44. The second-order valence-electron chi connectivity index (χ2n) is 3.92. The lowest BCUT2D eigenvalue weighted by atomic mass is 10.1. The third-order valence-corrected chi connectivity index (χ3v) is 2.55. The van der Waals surface area contributed by atoms with Crippen molar-refractivity contribution in [2.45, 2.75) is 25.5 Å². The number of hydrogen-bond acceptors (Lipinski definition) is 4. The van der Waals surface area contributed by atoms with Gasteiger partial charge in [-0.3, -0.25) is 0 Å². The van der Waals surface area contributed by atoms with Gasteiger partial charge >= 0.3 is 5.97 Å². The zero-order valence-electron chi connectivity index (χ0n) is 9.18. The largest absolute Gasteiger partial charge is 0.479 e. The highest BCUT2D eigenvalue weighted by molar-refractivity contribution is 5.76. The second-order valence-corrected chi connectivity index (χ2v) is 3.92. The first-order valence-electron chi connectivity index (χ1n) is 5.35. The van der Waals surface area contributed by atoms with Crippen molar-refractivity contribution in [3.63, 3.8) is 0 Å². The Morgan fingerprint density at radius 2 is 2.38 bits per heavy atom. The number of rotatable bonds is 3. The van der Waals surface area contributed by atoms with E-state index in [1.807, 2.05) is 31.2 Å². The molecule has 1 aliphatic rings. The number of esters is 1. The van der Waals surface area contributed by atoms with Crippen LogP contribution in [0, 0.1) is 0 Å². The van der Waals surface area contributed by atoms with E-state index in [1.54, 1.807) is 0 Å². The highest BCUT2D eigenvalue weighted by Gasteiger charge is 2.28. The summed E-state index contributed by atoms with van der Waals surface area (Å²) in [5.74, 6) is 0.379. The molecule has 0 saturated carbocycles. The molecule has 0 aliphatic carbocycles. The first-order chi connectivity index (χ1) is 7.66. The van der Waals surface area contributed by atoms with Gasteiger partial charge in [-0.15, -0.1) is 0 Å². The van der Waals surface area contributed by atoms with Gasteiger partial charge in [-0.25, -0.2) is 4.79 Å². The molecule has 2 rings (SSSR count). The average molecular weight is 221 g/mol.